The van der Waals surface area contributed by atoms with Crippen LogP contribution < -0.4 is 4.74 Å². The van der Waals surface area contributed by atoms with Crippen LogP contribution in [-0.2, 0) is 19.9 Å². The van der Waals surface area contributed by atoms with Crippen LogP contribution >= 0.6 is 0 Å². The summed E-state index contributed by atoms with van der Waals surface area (Å²) in [6, 6.07) is 14.9. The highest BCUT2D eigenvalue weighted by Gasteiger charge is 2.71. The Morgan fingerprint density at radius 2 is 1.52 bits per heavy atom. The highest BCUT2D eigenvalue weighted by molar-refractivity contribution is 5.88. The predicted molar refractivity (Wildman–Crippen MR) is 103 cm³/mol. The summed E-state index contributed by atoms with van der Waals surface area (Å²) in [6.07, 6.45) is 1.86. The molecule has 6 nitrogen and oxygen atoms in total. The van der Waals surface area contributed by atoms with Gasteiger partial charge in [0.2, 0.25) is 5.60 Å². The molecule has 0 aliphatic carbocycles. The van der Waals surface area contributed by atoms with E-state index < -0.39 is 11.6 Å². The van der Waals surface area contributed by atoms with Crippen LogP contribution in [0.5, 0.6) is 11.5 Å². The summed E-state index contributed by atoms with van der Waals surface area (Å²) in [4.78, 5) is 13.4. The van der Waals surface area contributed by atoms with Gasteiger partial charge >= 0.3 is 5.97 Å². The van der Waals surface area contributed by atoms with Gasteiger partial charge in [-0.15, -0.1) is 0 Å². The molecule has 2 aromatic rings. The number of piperidine rings is 1. The Hall–Kier alpha value is -2.41. The fraction of sp³-hybridized carbons (Fsp3) is 0.435. The van der Waals surface area contributed by atoms with Crippen molar-refractivity contribution in [3.8, 4) is 11.5 Å². The number of esters is 1. The number of hydrogen-bond donors (Lipinski definition) is 1. The van der Waals surface area contributed by atoms with Gasteiger partial charge in [-0.2, -0.15) is 0 Å². The molecule has 0 amide bonds. The number of likely N-dealkylation sites (N-methyl/N-ethyl adjacent to an activating group) is 1. The van der Waals surface area contributed by atoms with Gasteiger partial charge in [-0.25, -0.2) is 4.79 Å². The maximum Gasteiger partial charge on any atom is 0.348 e. The van der Waals surface area contributed by atoms with Gasteiger partial charge in [0.15, 0.2) is 0 Å². The number of carbonyl (C=O) groups excluding carboxylic acids is 1. The predicted octanol–water partition coefficient (Wildman–Crippen LogP) is 2.33. The summed E-state index contributed by atoms with van der Waals surface area (Å²) < 4.78 is 18.6. The normalized spacial score (nSPS) is 34.2. The molecule has 6 rings (SSSR count). The lowest BCUT2D eigenvalue weighted by Crippen LogP contribution is -2.60. The van der Waals surface area contributed by atoms with Gasteiger partial charge in [0.05, 0.1) is 14.1 Å². The lowest BCUT2D eigenvalue weighted by molar-refractivity contribution is -0.938. The van der Waals surface area contributed by atoms with Gasteiger partial charge in [-0.1, -0.05) is 36.4 Å². The molecule has 2 aromatic carbocycles. The van der Waals surface area contributed by atoms with Gasteiger partial charge in [-0.05, 0) is 12.1 Å². The molecule has 29 heavy (non-hydrogen) atoms. The van der Waals surface area contributed by atoms with E-state index in [1.54, 1.807) is 36.4 Å². The van der Waals surface area contributed by atoms with E-state index in [1.165, 1.54) is 0 Å². The quantitative estimate of drug-likeness (QED) is 0.481. The number of fused-ring (bicyclic) bond motifs is 7. The van der Waals surface area contributed by atoms with Gasteiger partial charge in [-0.3, -0.25) is 0 Å². The van der Waals surface area contributed by atoms with Crippen molar-refractivity contribution in [1.29, 1.82) is 0 Å². The van der Waals surface area contributed by atoms with E-state index >= 15 is 0 Å². The summed E-state index contributed by atoms with van der Waals surface area (Å²) in [5.41, 5.74) is -1.04. The van der Waals surface area contributed by atoms with E-state index in [0.717, 1.165) is 17.3 Å². The molecule has 2 bridgehead atoms. The molecule has 4 heterocycles. The number of hydrogen-bond acceptors (Lipinski definition) is 5. The maximum atomic E-state index is 13.4. The van der Waals surface area contributed by atoms with Crippen LogP contribution in [0.25, 0.3) is 0 Å². The largest absolute Gasteiger partial charge is 0.459 e. The number of aliphatic hydroxyl groups is 1. The minimum atomic E-state index is -1.88. The van der Waals surface area contributed by atoms with Crippen LogP contribution in [0.2, 0.25) is 0 Å². The molecule has 4 atom stereocenters. The Bertz CT molecular complexity index is 952. The van der Waals surface area contributed by atoms with Crippen molar-refractivity contribution in [3.05, 3.63) is 59.7 Å². The van der Waals surface area contributed by atoms with Crippen molar-refractivity contribution < 1.29 is 28.6 Å². The molecule has 0 saturated carbocycles. The zero-order valence-electron chi connectivity index (χ0n) is 16.4. The third kappa shape index (κ3) is 2.25. The molecule has 0 spiro atoms. The first-order valence-corrected chi connectivity index (χ1v) is 10.2. The van der Waals surface area contributed by atoms with Crippen LogP contribution in [0.4, 0.5) is 0 Å². The molecule has 1 N–H and O–H groups in total. The summed E-state index contributed by atoms with van der Waals surface area (Å²) in [5.74, 6) is 0.315. The third-order valence-corrected chi connectivity index (χ3v) is 7.38. The Balaban J connectivity index is 1.34. The van der Waals surface area contributed by atoms with Crippen molar-refractivity contribution in [2.45, 2.75) is 48.8 Å². The SMILES string of the molecule is C[N+]1(C)C2CC(OC(=O)C3(O)c4ccccc4Oc4ccccc43)CC1C1OC12. The van der Waals surface area contributed by atoms with E-state index in [0.29, 0.717) is 34.7 Å². The van der Waals surface area contributed by atoms with Crippen molar-refractivity contribution in [2.75, 3.05) is 14.1 Å². The van der Waals surface area contributed by atoms with E-state index in [2.05, 4.69) is 14.1 Å². The number of para-hydroxylation sites is 2. The Morgan fingerprint density at radius 1 is 1.00 bits per heavy atom. The second kappa shape index (κ2) is 5.59. The number of quaternary nitrogens is 1. The molecule has 4 unspecified atom stereocenters. The Labute approximate surface area is 169 Å². The number of ether oxygens (including phenoxy) is 3. The summed E-state index contributed by atoms with van der Waals surface area (Å²) in [6.45, 7) is 0. The molecule has 4 aliphatic heterocycles. The number of epoxide rings is 1. The second-order valence-corrected chi connectivity index (χ2v) is 9.13. The first-order chi connectivity index (χ1) is 13.9. The first-order valence-electron chi connectivity index (χ1n) is 10.2. The summed E-state index contributed by atoms with van der Waals surface area (Å²) in [7, 11) is 4.47. The topological polar surface area (TPSA) is 68.3 Å². The van der Waals surface area contributed by atoms with E-state index in [-0.39, 0.29) is 18.3 Å². The van der Waals surface area contributed by atoms with Crippen molar-refractivity contribution >= 4 is 5.97 Å². The van der Waals surface area contributed by atoms with Crippen molar-refractivity contribution in [2.24, 2.45) is 0 Å². The van der Waals surface area contributed by atoms with Crippen LogP contribution in [0, 0.1) is 0 Å². The highest BCUT2D eigenvalue weighted by Crippen LogP contribution is 2.52. The van der Waals surface area contributed by atoms with E-state index in [1.807, 2.05) is 12.1 Å². The monoisotopic (exact) mass is 394 g/mol. The molecule has 4 aliphatic rings. The summed E-state index contributed by atoms with van der Waals surface area (Å²) >= 11 is 0. The smallest absolute Gasteiger partial charge is 0.348 e. The molecular weight excluding hydrogens is 370 g/mol. The van der Waals surface area contributed by atoms with Crippen LogP contribution in [0.15, 0.2) is 48.5 Å². The highest BCUT2D eigenvalue weighted by atomic mass is 16.6. The lowest BCUT2D eigenvalue weighted by atomic mass is 9.83. The summed E-state index contributed by atoms with van der Waals surface area (Å²) in [5, 5.41) is 11.7. The second-order valence-electron chi connectivity index (χ2n) is 9.13. The van der Waals surface area contributed by atoms with Crippen molar-refractivity contribution in [1.82, 2.24) is 0 Å². The molecule has 3 saturated heterocycles. The molecule has 3 fully saturated rings. The van der Waals surface area contributed by atoms with E-state index in [4.69, 9.17) is 14.2 Å². The number of benzene rings is 2. The van der Waals surface area contributed by atoms with Crippen molar-refractivity contribution in [3.63, 3.8) is 0 Å². The van der Waals surface area contributed by atoms with Gasteiger partial charge in [0.25, 0.3) is 0 Å². The van der Waals surface area contributed by atoms with Crippen LogP contribution in [-0.4, -0.2) is 60.0 Å². The maximum absolute atomic E-state index is 13.4. The van der Waals surface area contributed by atoms with Crippen LogP contribution in [0.3, 0.4) is 0 Å². The molecule has 150 valence electrons. The van der Waals surface area contributed by atoms with E-state index in [9.17, 15) is 9.90 Å². The third-order valence-electron chi connectivity index (χ3n) is 7.38. The minimum absolute atomic E-state index is 0.216. The van der Waals surface area contributed by atoms with Gasteiger partial charge in [0.1, 0.15) is 41.9 Å². The fourth-order valence-corrected chi connectivity index (χ4v) is 5.73. The average Bonchev–Trinajstić information content (AvgIpc) is 3.46. The average molecular weight is 394 g/mol. The Morgan fingerprint density at radius 3 is 2.07 bits per heavy atom. The molecular formula is C23H24NO5+. The van der Waals surface area contributed by atoms with Gasteiger partial charge in [0, 0.05) is 24.0 Å². The number of rotatable bonds is 2. The molecule has 6 heteroatoms. The number of nitrogens with zero attached hydrogens (tertiary/aromatic N) is 1. The number of carbonyl (C=O) groups is 1. The fourth-order valence-electron chi connectivity index (χ4n) is 5.73. The minimum Gasteiger partial charge on any atom is -0.459 e. The first kappa shape index (κ1) is 17.4. The van der Waals surface area contributed by atoms with Crippen LogP contribution in [0.1, 0.15) is 24.0 Å². The lowest BCUT2D eigenvalue weighted by Gasteiger charge is -2.45. The molecule has 0 aromatic heterocycles. The zero-order chi connectivity index (χ0) is 20.0. The molecule has 0 radical (unpaired) electrons. The zero-order valence-corrected chi connectivity index (χ0v) is 16.4. The Kier molecular flexibility index (Phi) is 3.37. The van der Waals surface area contributed by atoms with Gasteiger partial charge < -0.3 is 23.8 Å². The standard InChI is InChI=1S/C23H24NO5/c1-24(2)16-11-13(12-17(24)21-20(16)29-21)27-22(25)23(26)14-7-3-5-9-18(14)28-19-10-6-4-8-15(19)23/h3-10,13,16-17,20-21,26H,11-12H2,1-2H3/q+1. The number of morpholine rings is 1.